The summed E-state index contributed by atoms with van der Waals surface area (Å²) in [6.07, 6.45) is 2.77. The molecule has 7 nitrogen and oxygen atoms in total. The molecular weight excluding hydrogens is 462 g/mol. The maximum Gasteiger partial charge on any atom is 0.306 e. The van der Waals surface area contributed by atoms with Crippen LogP contribution in [0.5, 0.6) is 11.6 Å². The van der Waals surface area contributed by atoms with Gasteiger partial charge in [-0.25, -0.2) is 4.98 Å². The van der Waals surface area contributed by atoms with E-state index in [1.165, 1.54) is 0 Å². The summed E-state index contributed by atoms with van der Waals surface area (Å²) in [6.45, 7) is 5.63. The Morgan fingerprint density at radius 2 is 1.80 bits per heavy atom. The molecule has 0 N–H and O–H groups in total. The molecule has 0 aliphatic heterocycles. The Kier molecular flexibility index (Phi) is 8.51. The quantitative estimate of drug-likeness (QED) is 0.243. The molecule has 4 aromatic rings. The van der Waals surface area contributed by atoms with Gasteiger partial charge in [0.25, 0.3) is 0 Å². The van der Waals surface area contributed by atoms with Crippen molar-refractivity contribution < 1.29 is 19.0 Å². The van der Waals surface area contributed by atoms with Crippen LogP contribution in [-0.4, -0.2) is 33.9 Å². The summed E-state index contributed by atoms with van der Waals surface area (Å²) in [4.78, 5) is 16.4. The van der Waals surface area contributed by atoms with E-state index in [0.717, 1.165) is 33.1 Å². The highest BCUT2D eigenvalue weighted by Gasteiger charge is 2.13. The summed E-state index contributed by atoms with van der Waals surface area (Å²) in [7, 11) is 0. The first-order chi connectivity index (χ1) is 17.1. The molecule has 0 unspecified atom stereocenters. The van der Waals surface area contributed by atoms with E-state index < -0.39 is 0 Å². The third kappa shape index (κ3) is 6.93. The first-order valence-corrected chi connectivity index (χ1v) is 12.6. The van der Waals surface area contributed by atoms with Gasteiger partial charge in [-0.2, -0.15) is 0 Å². The molecule has 0 spiro atoms. The van der Waals surface area contributed by atoms with Gasteiger partial charge in [0.05, 0.1) is 25.5 Å². The third-order valence-corrected chi connectivity index (χ3v) is 6.15. The van der Waals surface area contributed by atoms with Crippen molar-refractivity contribution in [3.63, 3.8) is 0 Å². The second-order valence-corrected chi connectivity index (χ2v) is 8.70. The van der Waals surface area contributed by atoms with Gasteiger partial charge in [-0.3, -0.25) is 9.48 Å². The van der Waals surface area contributed by atoms with Gasteiger partial charge in [0.15, 0.2) is 0 Å². The van der Waals surface area contributed by atoms with Crippen molar-refractivity contribution in [3.8, 4) is 22.2 Å². The lowest BCUT2D eigenvalue weighted by Gasteiger charge is -2.06. The Morgan fingerprint density at radius 3 is 2.54 bits per heavy atom. The van der Waals surface area contributed by atoms with E-state index >= 15 is 0 Å². The zero-order valence-corrected chi connectivity index (χ0v) is 20.8. The number of carbonyl (C=O) groups is 1. The molecule has 0 aliphatic rings. The number of aryl methyl sites for hydroxylation is 1. The van der Waals surface area contributed by atoms with E-state index in [0.29, 0.717) is 45.1 Å². The fourth-order valence-corrected chi connectivity index (χ4v) is 4.36. The van der Waals surface area contributed by atoms with Crippen molar-refractivity contribution in [2.75, 3.05) is 13.2 Å². The molecule has 8 heteroatoms. The van der Waals surface area contributed by atoms with Gasteiger partial charge in [-0.15, -0.1) is 16.4 Å². The average molecular weight is 492 g/mol. The van der Waals surface area contributed by atoms with Crippen molar-refractivity contribution >= 4 is 17.3 Å². The third-order valence-electron chi connectivity index (χ3n) is 5.21. The van der Waals surface area contributed by atoms with Crippen LogP contribution in [0.25, 0.3) is 10.6 Å². The second-order valence-electron chi connectivity index (χ2n) is 7.84. The Bertz CT molecular complexity index is 1220. The van der Waals surface area contributed by atoms with Crippen LogP contribution in [0.2, 0.25) is 0 Å². The highest BCUT2D eigenvalue weighted by molar-refractivity contribution is 7.13. The molecular formula is C27H29N3O4S. The van der Waals surface area contributed by atoms with Crippen LogP contribution in [-0.2, 0) is 29.1 Å². The predicted molar refractivity (Wildman–Crippen MR) is 136 cm³/mol. The number of thiazole rings is 1. The van der Waals surface area contributed by atoms with Gasteiger partial charge < -0.3 is 14.2 Å². The van der Waals surface area contributed by atoms with E-state index in [1.807, 2.05) is 65.6 Å². The van der Waals surface area contributed by atoms with E-state index in [9.17, 15) is 4.79 Å². The smallest absolute Gasteiger partial charge is 0.306 e. The number of nitrogens with zero attached hydrogens (tertiary/aromatic N) is 3. The largest absolute Gasteiger partial charge is 0.487 e. The molecule has 0 atom stereocenters. The highest BCUT2D eigenvalue weighted by Crippen LogP contribution is 2.24. The molecule has 0 fully saturated rings. The summed E-state index contributed by atoms with van der Waals surface area (Å²) in [5, 5.41) is 7.57. The average Bonchev–Trinajstić information content (AvgIpc) is 3.50. The lowest BCUT2D eigenvalue weighted by molar-refractivity contribution is -0.143. The number of hydrogen-bond acceptors (Lipinski definition) is 7. The van der Waals surface area contributed by atoms with Crippen molar-refractivity contribution in [1.29, 1.82) is 0 Å². The first kappa shape index (κ1) is 24.5. The molecule has 2 aromatic heterocycles. The standard InChI is InChI=1S/C27H29N3O4S/c1-3-32-25(31)15-12-22-17-30(29-26(22)33-4-2)16-20-10-13-24(14-11-20)34-18-23-19-35-27(28-23)21-8-6-5-7-9-21/h5-11,13-14,17,19H,3-4,12,15-16,18H2,1-2H3. The monoisotopic (exact) mass is 491 g/mol. The van der Waals surface area contributed by atoms with Gasteiger partial charge in [0.1, 0.15) is 17.4 Å². The van der Waals surface area contributed by atoms with E-state index in [2.05, 4.69) is 22.2 Å². The topological polar surface area (TPSA) is 75.5 Å². The molecule has 2 aromatic carbocycles. The summed E-state index contributed by atoms with van der Waals surface area (Å²) >= 11 is 1.62. The highest BCUT2D eigenvalue weighted by atomic mass is 32.1. The molecule has 4 rings (SSSR count). The fourth-order valence-electron chi connectivity index (χ4n) is 3.55. The van der Waals surface area contributed by atoms with Crippen molar-refractivity contribution in [3.05, 3.63) is 83.0 Å². The Balaban J connectivity index is 1.33. The zero-order chi connectivity index (χ0) is 24.5. The van der Waals surface area contributed by atoms with Gasteiger partial charge in [0, 0.05) is 29.1 Å². The maximum atomic E-state index is 11.7. The number of ether oxygens (including phenoxy) is 3. The molecule has 0 bridgehead atoms. The van der Waals surface area contributed by atoms with Gasteiger partial charge in [0.2, 0.25) is 5.88 Å². The van der Waals surface area contributed by atoms with Crippen LogP contribution in [0.15, 0.2) is 66.2 Å². The van der Waals surface area contributed by atoms with Crippen LogP contribution in [0.3, 0.4) is 0 Å². The van der Waals surface area contributed by atoms with Gasteiger partial charge in [-0.1, -0.05) is 42.5 Å². The van der Waals surface area contributed by atoms with Crippen LogP contribution in [0.1, 0.15) is 37.1 Å². The lowest BCUT2D eigenvalue weighted by atomic mass is 10.2. The molecule has 0 aliphatic carbocycles. The summed E-state index contributed by atoms with van der Waals surface area (Å²) in [5.41, 5.74) is 4.01. The minimum absolute atomic E-state index is 0.216. The van der Waals surface area contributed by atoms with Crippen LogP contribution >= 0.6 is 11.3 Å². The molecule has 2 heterocycles. The predicted octanol–water partition coefficient (Wildman–Crippen LogP) is 5.53. The van der Waals surface area contributed by atoms with Crippen molar-refractivity contribution in [1.82, 2.24) is 14.8 Å². The summed E-state index contributed by atoms with van der Waals surface area (Å²) in [5.74, 6) is 1.13. The summed E-state index contributed by atoms with van der Waals surface area (Å²) in [6, 6.07) is 18.1. The number of hydrogen-bond donors (Lipinski definition) is 0. The second kappa shape index (κ2) is 12.2. The molecule has 0 saturated heterocycles. The SMILES string of the molecule is CCOC(=O)CCc1cn(Cc2ccc(OCc3csc(-c4ccccc4)n3)cc2)nc1OCC. The number of rotatable bonds is 12. The van der Waals surface area contributed by atoms with Crippen molar-refractivity contribution in [2.45, 2.75) is 39.8 Å². The molecule has 0 amide bonds. The fraction of sp³-hybridized carbons (Fsp3) is 0.296. The number of esters is 1. The minimum Gasteiger partial charge on any atom is -0.487 e. The number of benzene rings is 2. The Morgan fingerprint density at radius 1 is 1.00 bits per heavy atom. The molecule has 0 saturated carbocycles. The maximum absolute atomic E-state index is 11.7. The number of aromatic nitrogens is 3. The Hall–Kier alpha value is -3.65. The molecule has 182 valence electrons. The van der Waals surface area contributed by atoms with Crippen LogP contribution < -0.4 is 9.47 Å². The molecule has 35 heavy (non-hydrogen) atoms. The van der Waals surface area contributed by atoms with Gasteiger partial charge in [-0.05, 0) is 38.0 Å². The van der Waals surface area contributed by atoms with Crippen molar-refractivity contribution in [2.24, 2.45) is 0 Å². The Labute approximate surface area is 209 Å². The van der Waals surface area contributed by atoms with E-state index in [1.54, 1.807) is 18.3 Å². The van der Waals surface area contributed by atoms with Gasteiger partial charge >= 0.3 is 5.97 Å². The normalized spacial score (nSPS) is 10.8. The van der Waals surface area contributed by atoms with E-state index in [-0.39, 0.29) is 5.97 Å². The van der Waals surface area contributed by atoms with E-state index in [4.69, 9.17) is 14.2 Å². The lowest BCUT2D eigenvalue weighted by Crippen LogP contribution is -2.05. The first-order valence-electron chi connectivity index (χ1n) is 11.7. The zero-order valence-electron chi connectivity index (χ0n) is 20.0. The van der Waals surface area contributed by atoms with Crippen LogP contribution in [0, 0.1) is 0 Å². The summed E-state index contributed by atoms with van der Waals surface area (Å²) < 4.78 is 18.5. The van der Waals surface area contributed by atoms with Crippen LogP contribution in [0.4, 0.5) is 0 Å². The number of carbonyl (C=O) groups excluding carboxylic acids is 1. The molecule has 0 radical (unpaired) electrons. The minimum atomic E-state index is -0.216.